The highest BCUT2D eigenvalue weighted by Gasteiger charge is 2.19. The number of hydrogen-bond donors (Lipinski definition) is 2. The highest BCUT2D eigenvalue weighted by atomic mass is 35.5. The van der Waals surface area contributed by atoms with Gasteiger partial charge < -0.3 is 15.5 Å². The van der Waals surface area contributed by atoms with Crippen molar-refractivity contribution in [2.24, 2.45) is 0 Å². The smallest absolute Gasteiger partial charge is 0.169 e. The largest absolute Gasteiger partial charge is 0.370 e. The lowest BCUT2D eigenvalue weighted by Crippen LogP contribution is -2.37. The summed E-state index contributed by atoms with van der Waals surface area (Å²) >= 11 is 6.38. The van der Waals surface area contributed by atoms with E-state index in [2.05, 4.69) is 26.9 Å². The first kappa shape index (κ1) is 14.2. The Bertz CT molecular complexity index is 654. The van der Waals surface area contributed by atoms with Crippen LogP contribution in [0.2, 0.25) is 5.02 Å². The van der Waals surface area contributed by atoms with E-state index in [1.807, 2.05) is 26.0 Å². The first-order chi connectivity index (χ1) is 10.2. The molecule has 1 saturated heterocycles. The van der Waals surface area contributed by atoms with Crippen molar-refractivity contribution in [1.82, 2.24) is 9.97 Å². The molecule has 6 heteroatoms. The van der Waals surface area contributed by atoms with Crippen LogP contribution >= 0.6 is 11.6 Å². The fourth-order valence-corrected chi connectivity index (χ4v) is 2.62. The molecule has 0 spiro atoms. The zero-order valence-electron chi connectivity index (χ0n) is 12.3. The molecule has 2 aromatic rings. The average Bonchev–Trinajstić information content (AvgIpc) is 2.40. The minimum atomic E-state index is 0.726. The number of nitrogens with zero attached hydrogens (tertiary/aromatic N) is 3. The number of fused-ring (bicyclic) bond motifs is 1. The predicted molar refractivity (Wildman–Crippen MR) is 89.4 cm³/mol. The molecular formula is C15H19ClN5. The fourth-order valence-electron chi connectivity index (χ4n) is 2.34. The quantitative estimate of drug-likeness (QED) is 0.888. The third-order valence-corrected chi connectivity index (χ3v) is 3.76. The second-order valence-corrected chi connectivity index (χ2v) is 5.37. The molecule has 1 fully saturated rings. The summed E-state index contributed by atoms with van der Waals surface area (Å²) in [4.78, 5) is 11.6. The topological polar surface area (TPSA) is 53.1 Å². The summed E-state index contributed by atoms with van der Waals surface area (Å²) in [5, 5.41) is 7.22. The molecule has 1 radical (unpaired) electrons. The number of aromatic nitrogens is 2. The number of benzene rings is 1. The van der Waals surface area contributed by atoms with Gasteiger partial charge in [0.2, 0.25) is 0 Å². The zero-order chi connectivity index (χ0) is 14.8. The zero-order valence-corrected chi connectivity index (χ0v) is 13.0. The van der Waals surface area contributed by atoms with Crippen molar-refractivity contribution in [3.05, 3.63) is 23.6 Å². The molecule has 0 bridgehead atoms. The monoisotopic (exact) mass is 304 g/mol. The predicted octanol–water partition coefficient (Wildman–Crippen LogP) is 3.17. The van der Waals surface area contributed by atoms with Crippen molar-refractivity contribution in [2.45, 2.75) is 13.8 Å². The van der Waals surface area contributed by atoms with Gasteiger partial charge in [-0.2, -0.15) is 0 Å². The van der Waals surface area contributed by atoms with Crippen LogP contribution in [0.5, 0.6) is 0 Å². The Labute approximate surface area is 129 Å². The van der Waals surface area contributed by atoms with Gasteiger partial charge in [-0.1, -0.05) is 11.6 Å². The van der Waals surface area contributed by atoms with Crippen LogP contribution in [0.15, 0.2) is 12.1 Å². The lowest BCUT2D eigenvalue weighted by molar-refractivity contribution is 0.764. The van der Waals surface area contributed by atoms with E-state index >= 15 is 0 Å². The van der Waals surface area contributed by atoms with Crippen LogP contribution in [0.3, 0.4) is 0 Å². The van der Waals surface area contributed by atoms with E-state index in [4.69, 9.17) is 16.6 Å². The highest BCUT2D eigenvalue weighted by molar-refractivity contribution is 6.34. The van der Waals surface area contributed by atoms with Gasteiger partial charge in [-0.15, -0.1) is 0 Å². The molecule has 1 aromatic heterocycles. The maximum atomic E-state index is 6.38. The summed E-state index contributed by atoms with van der Waals surface area (Å²) in [5.74, 6) is 1.56. The molecule has 1 aromatic carbocycles. The Morgan fingerprint density at radius 1 is 1.05 bits per heavy atom. The van der Waals surface area contributed by atoms with Crippen molar-refractivity contribution < 1.29 is 0 Å². The van der Waals surface area contributed by atoms with E-state index in [9.17, 15) is 0 Å². The summed E-state index contributed by atoms with van der Waals surface area (Å²) in [6.45, 7) is 7.57. The molecule has 3 rings (SSSR count). The van der Waals surface area contributed by atoms with Crippen molar-refractivity contribution in [3.63, 3.8) is 0 Å². The third kappa shape index (κ3) is 2.70. The third-order valence-electron chi connectivity index (χ3n) is 3.46. The van der Waals surface area contributed by atoms with Gasteiger partial charge in [0.15, 0.2) is 11.6 Å². The first-order valence-corrected chi connectivity index (χ1v) is 7.66. The van der Waals surface area contributed by atoms with Gasteiger partial charge >= 0.3 is 0 Å². The van der Waals surface area contributed by atoms with Crippen LogP contribution < -0.4 is 15.5 Å². The minimum Gasteiger partial charge on any atom is -0.370 e. The molecular weight excluding hydrogens is 286 g/mol. The summed E-state index contributed by atoms with van der Waals surface area (Å²) in [7, 11) is 0. The first-order valence-electron chi connectivity index (χ1n) is 7.28. The lowest BCUT2D eigenvalue weighted by Gasteiger charge is -2.33. The number of rotatable bonds is 5. The van der Waals surface area contributed by atoms with Crippen LogP contribution in [0.1, 0.15) is 13.8 Å². The van der Waals surface area contributed by atoms with Crippen LogP contribution in [0, 0.1) is 6.42 Å². The SMILES string of the molecule is CCNc1nc2cc(Cl)c(N3C[CH]C3)cc2nc1NCC. The summed E-state index contributed by atoms with van der Waals surface area (Å²) < 4.78 is 0. The van der Waals surface area contributed by atoms with Crippen molar-refractivity contribution >= 4 is 40.0 Å². The van der Waals surface area contributed by atoms with Gasteiger partial charge in [0.1, 0.15) is 0 Å². The van der Waals surface area contributed by atoms with E-state index < -0.39 is 0 Å². The van der Waals surface area contributed by atoms with E-state index in [-0.39, 0.29) is 0 Å². The van der Waals surface area contributed by atoms with Crippen molar-refractivity contribution in [1.29, 1.82) is 0 Å². The average molecular weight is 305 g/mol. The van der Waals surface area contributed by atoms with Crippen LogP contribution in [-0.2, 0) is 0 Å². The Hall–Kier alpha value is -1.75. The second-order valence-electron chi connectivity index (χ2n) is 4.97. The molecule has 1 aliphatic rings. The Balaban J connectivity index is 2.09. The molecule has 2 heterocycles. The van der Waals surface area contributed by atoms with Gasteiger partial charge in [-0.3, -0.25) is 0 Å². The molecule has 111 valence electrons. The van der Waals surface area contributed by atoms with E-state index in [0.29, 0.717) is 0 Å². The van der Waals surface area contributed by atoms with E-state index in [1.54, 1.807) is 0 Å². The molecule has 1 aliphatic heterocycles. The van der Waals surface area contributed by atoms with Crippen molar-refractivity contribution in [3.8, 4) is 0 Å². The van der Waals surface area contributed by atoms with Crippen LogP contribution in [0.25, 0.3) is 11.0 Å². The van der Waals surface area contributed by atoms with E-state index in [1.165, 1.54) is 0 Å². The molecule has 0 unspecified atom stereocenters. The standard InChI is InChI=1S/C15H19ClN5/c1-3-17-14-15(18-4-2)20-12-9-13(21-6-5-7-21)10(16)8-11(12)19-14/h5,8-9H,3-4,6-7H2,1-2H3,(H,17,19)(H,18,20). The number of halogens is 1. The molecule has 21 heavy (non-hydrogen) atoms. The van der Waals surface area contributed by atoms with E-state index in [0.717, 1.165) is 59.6 Å². The number of hydrogen-bond acceptors (Lipinski definition) is 5. The Morgan fingerprint density at radius 2 is 1.62 bits per heavy atom. The van der Waals surface area contributed by atoms with Gasteiger partial charge in [-0.25, -0.2) is 9.97 Å². The Kier molecular flexibility index (Phi) is 4.01. The Morgan fingerprint density at radius 3 is 2.10 bits per heavy atom. The van der Waals surface area contributed by atoms with Gasteiger partial charge in [-0.05, 0) is 26.0 Å². The molecule has 0 amide bonds. The van der Waals surface area contributed by atoms with Gasteiger partial charge in [0.25, 0.3) is 0 Å². The molecule has 0 saturated carbocycles. The molecule has 0 atom stereocenters. The number of anilines is 3. The molecule has 0 aliphatic carbocycles. The summed E-state index contributed by atoms with van der Waals surface area (Å²) in [5.41, 5.74) is 2.70. The summed E-state index contributed by atoms with van der Waals surface area (Å²) in [6.07, 6.45) is 2.21. The number of nitrogens with one attached hydrogen (secondary N) is 2. The normalized spacial score (nSPS) is 14.1. The highest BCUT2D eigenvalue weighted by Crippen LogP contribution is 2.33. The summed E-state index contributed by atoms with van der Waals surface area (Å²) in [6, 6.07) is 3.92. The van der Waals surface area contributed by atoms with Crippen molar-refractivity contribution in [2.75, 3.05) is 41.7 Å². The minimum absolute atomic E-state index is 0.726. The maximum Gasteiger partial charge on any atom is 0.169 e. The molecule has 2 N–H and O–H groups in total. The molecule has 5 nitrogen and oxygen atoms in total. The van der Waals surface area contributed by atoms with Gasteiger partial charge in [0.05, 0.1) is 21.7 Å². The fraction of sp³-hybridized carbons (Fsp3) is 0.400. The van der Waals surface area contributed by atoms with Crippen LogP contribution in [0.4, 0.5) is 17.3 Å². The maximum absolute atomic E-state index is 6.38. The van der Waals surface area contributed by atoms with Crippen LogP contribution in [-0.4, -0.2) is 36.1 Å². The van der Waals surface area contributed by atoms with Gasteiger partial charge in [0, 0.05) is 32.6 Å². The lowest BCUT2D eigenvalue weighted by atomic mass is 10.1. The second kappa shape index (κ2) is 5.93.